The molecule has 0 aliphatic rings. The fraction of sp³-hybridized carbons (Fsp3) is 0.571. The van der Waals surface area contributed by atoms with Crippen molar-refractivity contribution in [3.8, 4) is 0 Å². The van der Waals surface area contributed by atoms with E-state index in [1.807, 2.05) is 12.1 Å². The standard InChI is InChI=1S/C14H21BrO/c1-3-4-11(2)9-14(16)10-12-5-7-13(15)8-6-12/h5-8,11,14,16H,3-4,9-10H2,1-2H3. The molecule has 0 saturated heterocycles. The summed E-state index contributed by atoms with van der Waals surface area (Å²) in [4.78, 5) is 0. The summed E-state index contributed by atoms with van der Waals surface area (Å²) < 4.78 is 1.09. The number of aliphatic hydroxyl groups excluding tert-OH is 1. The maximum atomic E-state index is 9.96. The molecule has 1 aromatic carbocycles. The Morgan fingerprint density at radius 1 is 1.25 bits per heavy atom. The van der Waals surface area contributed by atoms with E-state index in [0.717, 1.165) is 17.3 Å². The molecule has 90 valence electrons. The van der Waals surface area contributed by atoms with E-state index >= 15 is 0 Å². The lowest BCUT2D eigenvalue weighted by Gasteiger charge is -2.15. The van der Waals surface area contributed by atoms with Crippen LogP contribution in [0, 0.1) is 5.92 Å². The van der Waals surface area contributed by atoms with E-state index in [1.165, 1.54) is 18.4 Å². The van der Waals surface area contributed by atoms with Gasteiger partial charge in [0, 0.05) is 4.47 Å². The van der Waals surface area contributed by atoms with Crippen molar-refractivity contribution in [3.05, 3.63) is 34.3 Å². The molecule has 0 fully saturated rings. The van der Waals surface area contributed by atoms with Gasteiger partial charge in [-0.25, -0.2) is 0 Å². The summed E-state index contributed by atoms with van der Waals surface area (Å²) in [5.74, 6) is 0.621. The van der Waals surface area contributed by atoms with Crippen LogP contribution < -0.4 is 0 Å². The molecule has 0 spiro atoms. The number of halogens is 1. The fourth-order valence-electron chi connectivity index (χ4n) is 2.05. The second-order valence-electron chi connectivity index (χ2n) is 4.61. The third kappa shape index (κ3) is 5.13. The number of hydrogen-bond donors (Lipinski definition) is 1. The minimum atomic E-state index is -0.206. The van der Waals surface area contributed by atoms with Gasteiger partial charge in [-0.1, -0.05) is 54.8 Å². The van der Waals surface area contributed by atoms with E-state index in [9.17, 15) is 5.11 Å². The predicted molar refractivity (Wildman–Crippen MR) is 72.5 cm³/mol. The van der Waals surface area contributed by atoms with Crippen molar-refractivity contribution < 1.29 is 5.11 Å². The predicted octanol–water partition coefficient (Wildman–Crippen LogP) is 4.18. The van der Waals surface area contributed by atoms with Crippen LogP contribution in [0.4, 0.5) is 0 Å². The van der Waals surface area contributed by atoms with Gasteiger partial charge in [-0.2, -0.15) is 0 Å². The molecule has 16 heavy (non-hydrogen) atoms. The second-order valence-corrected chi connectivity index (χ2v) is 5.53. The summed E-state index contributed by atoms with van der Waals surface area (Å²) >= 11 is 3.41. The molecule has 0 saturated carbocycles. The van der Waals surface area contributed by atoms with Gasteiger partial charge in [0.25, 0.3) is 0 Å². The number of benzene rings is 1. The van der Waals surface area contributed by atoms with Gasteiger partial charge in [-0.05, 0) is 36.5 Å². The van der Waals surface area contributed by atoms with Gasteiger partial charge in [-0.15, -0.1) is 0 Å². The summed E-state index contributed by atoms with van der Waals surface area (Å²) in [5.41, 5.74) is 1.21. The van der Waals surface area contributed by atoms with Crippen LogP contribution in [-0.2, 0) is 6.42 Å². The van der Waals surface area contributed by atoms with Crippen molar-refractivity contribution in [2.75, 3.05) is 0 Å². The first-order valence-electron chi connectivity index (χ1n) is 6.04. The fourth-order valence-corrected chi connectivity index (χ4v) is 2.32. The lowest BCUT2D eigenvalue weighted by atomic mass is 9.95. The van der Waals surface area contributed by atoms with Crippen molar-refractivity contribution in [1.29, 1.82) is 0 Å². The lowest BCUT2D eigenvalue weighted by molar-refractivity contribution is 0.143. The first-order chi connectivity index (χ1) is 7.61. The quantitative estimate of drug-likeness (QED) is 0.831. The third-order valence-electron chi connectivity index (χ3n) is 2.84. The average molecular weight is 285 g/mol. The summed E-state index contributed by atoms with van der Waals surface area (Å²) in [6, 6.07) is 8.19. The smallest absolute Gasteiger partial charge is 0.0583 e. The lowest BCUT2D eigenvalue weighted by Crippen LogP contribution is -2.14. The van der Waals surface area contributed by atoms with Crippen molar-refractivity contribution >= 4 is 15.9 Å². The van der Waals surface area contributed by atoms with Crippen LogP contribution in [0.3, 0.4) is 0 Å². The monoisotopic (exact) mass is 284 g/mol. The molecule has 0 radical (unpaired) electrons. The van der Waals surface area contributed by atoms with E-state index in [1.54, 1.807) is 0 Å². The second kappa shape index (κ2) is 7.08. The molecule has 0 heterocycles. The van der Waals surface area contributed by atoms with Crippen molar-refractivity contribution in [3.63, 3.8) is 0 Å². The van der Waals surface area contributed by atoms with Gasteiger partial charge in [0.15, 0.2) is 0 Å². The molecule has 2 unspecified atom stereocenters. The maximum absolute atomic E-state index is 9.96. The molecule has 0 bridgehead atoms. The minimum absolute atomic E-state index is 0.206. The van der Waals surface area contributed by atoms with Gasteiger partial charge in [-0.3, -0.25) is 0 Å². The van der Waals surface area contributed by atoms with Crippen LogP contribution in [0.15, 0.2) is 28.7 Å². The van der Waals surface area contributed by atoms with Gasteiger partial charge < -0.3 is 5.11 Å². The minimum Gasteiger partial charge on any atom is -0.393 e. The molecule has 0 aliphatic heterocycles. The zero-order chi connectivity index (χ0) is 12.0. The molecular formula is C14H21BrO. The van der Waals surface area contributed by atoms with E-state index in [-0.39, 0.29) is 6.10 Å². The highest BCUT2D eigenvalue weighted by Crippen LogP contribution is 2.17. The summed E-state index contributed by atoms with van der Waals surface area (Å²) in [7, 11) is 0. The Balaban J connectivity index is 2.39. The molecule has 1 nitrogen and oxygen atoms in total. The highest BCUT2D eigenvalue weighted by atomic mass is 79.9. The first kappa shape index (κ1) is 13.7. The average Bonchev–Trinajstić information content (AvgIpc) is 2.21. The number of hydrogen-bond acceptors (Lipinski definition) is 1. The SMILES string of the molecule is CCCC(C)CC(O)Cc1ccc(Br)cc1. The Kier molecular flexibility index (Phi) is 6.07. The largest absolute Gasteiger partial charge is 0.393 e. The van der Waals surface area contributed by atoms with E-state index in [2.05, 4.69) is 41.9 Å². The Hall–Kier alpha value is -0.340. The molecule has 1 N–H and O–H groups in total. The molecule has 1 rings (SSSR count). The number of aliphatic hydroxyl groups is 1. The Labute approximate surface area is 107 Å². The van der Waals surface area contributed by atoms with E-state index < -0.39 is 0 Å². The molecule has 0 aromatic heterocycles. The van der Waals surface area contributed by atoms with E-state index in [4.69, 9.17) is 0 Å². The topological polar surface area (TPSA) is 20.2 Å². The molecule has 2 heteroatoms. The Morgan fingerprint density at radius 3 is 2.44 bits per heavy atom. The molecule has 2 atom stereocenters. The zero-order valence-electron chi connectivity index (χ0n) is 10.1. The van der Waals surface area contributed by atoms with Crippen LogP contribution in [0.25, 0.3) is 0 Å². The van der Waals surface area contributed by atoms with Gasteiger partial charge in [0.05, 0.1) is 6.10 Å². The molecule has 0 amide bonds. The summed E-state index contributed by atoms with van der Waals surface area (Å²) in [5, 5.41) is 9.96. The van der Waals surface area contributed by atoms with Crippen molar-refractivity contribution in [2.45, 2.75) is 45.6 Å². The van der Waals surface area contributed by atoms with Crippen molar-refractivity contribution in [2.24, 2.45) is 5.92 Å². The number of rotatable bonds is 6. The normalized spacial score (nSPS) is 14.8. The molecular weight excluding hydrogens is 264 g/mol. The van der Waals surface area contributed by atoms with Gasteiger partial charge in [0.1, 0.15) is 0 Å². The van der Waals surface area contributed by atoms with Crippen LogP contribution in [0.2, 0.25) is 0 Å². The Bertz CT molecular complexity index is 294. The van der Waals surface area contributed by atoms with E-state index in [0.29, 0.717) is 5.92 Å². The van der Waals surface area contributed by atoms with Crippen LogP contribution in [0.5, 0.6) is 0 Å². The van der Waals surface area contributed by atoms with Crippen LogP contribution in [-0.4, -0.2) is 11.2 Å². The summed E-state index contributed by atoms with van der Waals surface area (Å²) in [6.45, 7) is 4.41. The summed E-state index contributed by atoms with van der Waals surface area (Å²) in [6.07, 6.45) is 3.87. The Morgan fingerprint density at radius 2 is 1.88 bits per heavy atom. The third-order valence-corrected chi connectivity index (χ3v) is 3.37. The molecule has 0 aliphatic carbocycles. The zero-order valence-corrected chi connectivity index (χ0v) is 11.7. The highest BCUT2D eigenvalue weighted by molar-refractivity contribution is 9.10. The maximum Gasteiger partial charge on any atom is 0.0583 e. The van der Waals surface area contributed by atoms with Crippen LogP contribution >= 0.6 is 15.9 Å². The van der Waals surface area contributed by atoms with Gasteiger partial charge >= 0.3 is 0 Å². The first-order valence-corrected chi connectivity index (χ1v) is 6.83. The van der Waals surface area contributed by atoms with Crippen molar-refractivity contribution in [1.82, 2.24) is 0 Å². The van der Waals surface area contributed by atoms with Crippen LogP contribution in [0.1, 0.15) is 38.7 Å². The highest BCUT2D eigenvalue weighted by Gasteiger charge is 2.10. The molecule has 1 aromatic rings. The van der Waals surface area contributed by atoms with Gasteiger partial charge in [0.2, 0.25) is 0 Å².